The molecule has 2 aromatic rings. The topological polar surface area (TPSA) is 68.9 Å². The quantitative estimate of drug-likeness (QED) is 0.844. The molecule has 0 bridgehead atoms. The molecule has 1 unspecified atom stereocenters. The highest BCUT2D eigenvalue weighted by Gasteiger charge is 2.22. The van der Waals surface area contributed by atoms with E-state index in [2.05, 4.69) is 15.1 Å². The third-order valence-electron chi connectivity index (χ3n) is 2.98. The molecule has 5 heteroatoms. The first-order valence-electron chi connectivity index (χ1n) is 6.31. The SMILES string of the molecule is CCC(C(C)=O)c1nc(-c2cc(C)nc(C)c2)no1. The number of nitrogens with zero attached hydrogens (tertiary/aromatic N) is 3. The number of aryl methyl sites for hydroxylation is 2. The van der Waals surface area contributed by atoms with Gasteiger partial charge in [-0.2, -0.15) is 4.98 Å². The fourth-order valence-corrected chi connectivity index (χ4v) is 2.09. The monoisotopic (exact) mass is 259 g/mol. The van der Waals surface area contributed by atoms with Gasteiger partial charge in [0.15, 0.2) is 0 Å². The van der Waals surface area contributed by atoms with Crippen LogP contribution in [0.25, 0.3) is 11.4 Å². The molecule has 0 spiro atoms. The number of Topliss-reactive ketones (excluding diaryl/α,β-unsaturated/α-hetero) is 1. The predicted octanol–water partition coefficient (Wildman–Crippen LogP) is 2.83. The summed E-state index contributed by atoms with van der Waals surface area (Å²) in [5.74, 6) is 0.616. The molecule has 2 aromatic heterocycles. The Labute approximate surface area is 112 Å². The van der Waals surface area contributed by atoms with Gasteiger partial charge in [0.2, 0.25) is 11.7 Å². The lowest BCUT2D eigenvalue weighted by atomic mass is 10.0. The van der Waals surface area contributed by atoms with Crippen molar-refractivity contribution in [3.63, 3.8) is 0 Å². The van der Waals surface area contributed by atoms with Gasteiger partial charge in [-0.1, -0.05) is 12.1 Å². The van der Waals surface area contributed by atoms with Crippen LogP contribution in [0.3, 0.4) is 0 Å². The maximum Gasteiger partial charge on any atom is 0.237 e. The molecule has 0 aliphatic rings. The van der Waals surface area contributed by atoms with E-state index < -0.39 is 0 Å². The van der Waals surface area contributed by atoms with Crippen LogP contribution in [-0.4, -0.2) is 20.9 Å². The maximum atomic E-state index is 11.5. The summed E-state index contributed by atoms with van der Waals surface area (Å²) < 4.78 is 5.21. The lowest BCUT2D eigenvalue weighted by Gasteiger charge is -2.03. The molecule has 0 aliphatic carbocycles. The van der Waals surface area contributed by atoms with E-state index in [1.165, 1.54) is 0 Å². The number of hydrogen-bond donors (Lipinski definition) is 0. The molecule has 0 aromatic carbocycles. The molecule has 100 valence electrons. The van der Waals surface area contributed by atoms with Crippen molar-refractivity contribution in [1.82, 2.24) is 15.1 Å². The molecule has 0 saturated carbocycles. The molecule has 2 heterocycles. The Morgan fingerprint density at radius 1 is 1.26 bits per heavy atom. The first kappa shape index (κ1) is 13.4. The number of aromatic nitrogens is 3. The van der Waals surface area contributed by atoms with Gasteiger partial charge in [0.05, 0.1) is 5.92 Å². The van der Waals surface area contributed by atoms with E-state index in [4.69, 9.17) is 4.52 Å². The van der Waals surface area contributed by atoms with Gasteiger partial charge in [-0.05, 0) is 39.3 Å². The molecule has 19 heavy (non-hydrogen) atoms. The van der Waals surface area contributed by atoms with Crippen LogP contribution in [0.4, 0.5) is 0 Å². The fourth-order valence-electron chi connectivity index (χ4n) is 2.09. The molecule has 0 saturated heterocycles. The molecule has 0 radical (unpaired) electrons. The first-order valence-corrected chi connectivity index (χ1v) is 6.31. The lowest BCUT2D eigenvalue weighted by Crippen LogP contribution is -2.07. The fraction of sp³-hybridized carbons (Fsp3) is 0.429. The van der Waals surface area contributed by atoms with Gasteiger partial charge in [0.25, 0.3) is 0 Å². The van der Waals surface area contributed by atoms with Crippen molar-refractivity contribution in [2.75, 3.05) is 0 Å². The van der Waals surface area contributed by atoms with Crippen LogP contribution in [0.5, 0.6) is 0 Å². The number of pyridine rings is 1. The molecule has 0 amide bonds. The van der Waals surface area contributed by atoms with Crippen molar-refractivity contribution >= 4 is 5.78 Å². The van der Waals surface area contributed by atoms with Gasteiger partial charge in [0, 0.05) is 17.0 Å². The second-order valence-electron chi connectivity index (χ2n) is 4.67. The van der Waals surface area contributed by atoms with Crippen LogP contribution < -0.4 is 0 Å². The summed E-state index contributed by atoms with van der Waals surface area (Å²) in [6, 6.07) is 3.80. The smallest absolute Gasteiger partial charge is 0.237 e. The Hall–Kier alpha value is -2.04. The summed E-state index contributed by atoms with van der Waals surface area (Å²) in [6.07, 6.45) is 0.658. The standard InChI is InChI=1S/C14H17N3O2/c1-5-12(10(4)18)14-16-13(17-19-14)11-6-8(2)15-9(3)7-11/h6-7,12H,5H2,1-4H3. The Kier molecular flexibility index (Phi) is 3.74. The summed E-state index contributed by atoms with van der Waals surface area (Å²) in [7, 11) is 0. The van der Waals surface area contributed by atoms with Gasteiger partial charge < -0.3 is 4.52 Å². The highest BCUT2D eigenvalue weighted by Crippen LogP contribution is 2.23. The molecule has 0 fully saturated rings. The van der Waals surface area contributed by atoms with Crippen molar-refractivity contribution in [2.45, 2.75) is 40.0 Å². The Balaban J connectivity index is 2.37. The molecule has 0 aliphatic heterocycles. The maximum absolute atomic E-state index is 11.5. The summed E-state index contributed by atoms with van der Waals surface area (Å²) in [4.78, 5) is 20.1. The Bertz CT molecular complexity index is 584. The van der Waals surface area contributed by atoms with Gasteiger partial charge in [-0.15, -0.1) is 0 Å². The highest BCUT2D eigenvalue weighted by molar-refractivity contribution is 5.82. The zero-order chi connectivity index (χ0) is 14.0. The minimum atomic E-state index is -0.315. The second-order valence-corrected chi connectivity index (χ2v) is 4.67. The molecule has 5 nitrogen and oxygen atoms in total. The van der Waals surface area contributed by atoms with E-state index >= 15 is 0 Å². The number of carbonyl (C=O) groups is 1. The van der Waals surface area contributed by atoms with Crippen molar-refractivity contribution in [1.29, 1.82) is 0 Å². The summed E-state index contributed by atoms with van der Waals surface area (Å²) in [6.45, 7) is 7.30. The van der Waals surface area contributed by atoms with Gasteiger partial charge in [-0.3, -0.25) is 9.78 Å². The van der Waals surface area contributed by atoms with Crippen LogP contribution in [0.2, 0.25) is 0 Å². The molecular weight excluding hydrogens is 242 g/mol. The zero-order valence-corrected chi connectivity index (χ0v) is 11.6. The molecular formula is C14H17N3O2. The van der Waals surface area contributed by atoms with E-state index in [0.29, 0.717) is 18.1 Å². The van der Waals surface area contributed by atoms with Crippen molar-refractivity contribution in [3.05, 3.63) is 29.4 Å². The Morgan fingerprint density at radius 2 is 1.89 bits per heavy atom. The van der Waals surface area contributed by atoms with E-state index in [-0.39, 0.29) is 11.7 Å². The number of carbonyl (C=O) groups excluding carboxylic acids is 1. The van der Waals surface area contributed by atoms with E-state index in [1.807, 2.05) is 32.9 Å². The number of rotatable bonds is 4. The van der Waals surface area contributed by atoms with Crippen LogP contribution in [0.15, 0.2) is 16.7 Å². The second kappa shape index (κ2) is 5.30. The Morgan fingerprint density at radius 3 is 2.42 bits per heavy atom. The third kappa shape index (κ3) is 2.86. The van der Waals surface area contributed by atoms with E-state index in [9.17, 15) is 4.79 Å². The lowest BCUT2D eigenvalue weighted by molar-refractivity contribution is -0.119. The van der Waals surface area contributed by atoms with Crippen LogP contribution in [0.1, 0.15) is 43.5 Å². The zero-order valence-electron chi connectivity index (χ0n) is 11.6. The third-order valence-corrected chi connectivity index (χ3v) is 2.98. The van der Waals surface area contributed by atoms with Gasteiger partial charge in [-0.25, -0.2) is 0 Å². The number of ketones is 1. The van der Waals surface area contributed by atoms with Crippen molar-refractivity contribution in [3.8, 4) is 11.4 Å². The minimum Gasteiger partial charge on any atom is -0.338 e. The van der Waals surface area contributed by atoms with Crippen molar-refractivity contribution in [2.24, 2.45) is 0 Å². The molecule has 2 rings (SSSR count). The first-order chi connectivity index (χ1) is 9.01. The molecule has 0 N–H and O–H groups in total. The van der Waals surface area contributed by atoms with Crippen molar-refractivity contribution < 1.29 is 9.32 Å². The predicted molar refractivity (Wildman–Crippen MR) is 70.7 cm³/mol. The van der Waals surface area contributed by atoms with E-state index in [0.717, 1.165) is 17.0 Å². The summed E-state index contributed by atoms with van der Waals surface area (Å²) >= 11 is 0. The largest absolute Gasteiger partial charge is 0.338 e. The van der Waals surface area contributed by atoms with Crippen LogP contribution in [0, 0.1) is 13.8 Å². The minimum absolute atomic E-state index is 0.0415. The highest BCUT2D eigenvalue weighted by atomic mass is 16.5. The van der Waals surface area contributed by atoms with Crippen LogP contribution in [-0.2, 0) is 4.79 Å². The molecule has 1 atom stereocenters. The van der Waals surface area contributed by atoms with Crippen LogP contribution >= 0.6 is 0 Å². The average Bonchev–Trinajstić information content (AvgIpc) is 2.77. The summed E-state index contributed by atoms with van der Waals surface area (Å²) in [5, 5.41) is 3.95. The average molecular weight is 259 g/mol. The van der Waals surface area contributed by atoms with Gasteiger partial charge >= 0.3 is 0 Å². The normalized spacial score (nSPS) is 12.4. The number of hydrogen-bond acceptors (Lipinski definition) is 5. The van der Waals surface area contributed by atoms with Gasteiger partial charge in [0.1, 0.15) is 5.78 Å². The van der Waals surface area contributed by atoms with E-state index in [1.54, 1.807) is 6.92 Å². The summed E-state index contributed by atoms with van der Waals surface area (Å²) in [5.41, 5.74) is 2.67.